The number of rotatable bonds is 7. The lowest BCUT2D eigenvalue weighted by atomic mass is 9.72. The second-order valence-corrected chi connectivity index (χ2v) is 8.42. The maximum Gasteiger partial charge on any atom is 0.309 e. The van der Waals surface area contributed by atoms with Crippen LogP contribution in [0.5, 0.6) is 0 Å². The predicted molar refractivity (Wildman–Crippen MR) is 88.1 cm³/mol. The van der Waals surface area contributed by atoms with Gasteiger partial charge in [0.05, 0.1) is 12.0 Å². The van der Waals surface area contributed by atoms with Crippen molar-refractivity contribution in [3.8, 4) is 0 Å². The topological polar surface area (TPSA) is 46.5 Å². The van der Waals surface area contributed by atoms with Crippen LogP contribution in [-0.4, -0.2) is 23.3 Å². The van der Waals surface area contributed by atoms with Crippen molar-refractivity contribution in [3.63, 3.8) is 0 Å². The molecule has 3 heteroatoms. The Morgan fingerprint density at radius 3 is 1.95 bits per heavy atom. The molecule has 3 unspecified atom stereocenters. The van der Waals surface area contributed by atoms with E-state index in [-0.39, 0.29) is 28.8 Å². The largest absolute Gasteiger partial charge is 0.459 e. The summed E-state index contributed by atoms with van der Waals surface area (Å²) in [5.74, 6) is -0.320. The summed E-state index contributed by atoms with van der Waals surface area (Å²) in [5, 5.41) is 10.1. The lowest BCUT2D eigenvalue weighted by Crippen LogP contribution is -2.38. The molecule has 0 aromatic heterocycles. The van der Waals surface area contributed by atoms with Crippen LogP contribution in [0.2, 0.25) is 0 Å². The van der Waals surface area contributed by atoms with E-state index in [1.54, 1.807) is 0 Å². The van der Waals surface area contributed by atoms with E-state index in [0.717, 1.165) is 12.8 Å². The Morgan fingerprint density at radius 1 is 1.10 bits per heavy atom. The van der Waals surface area contributed by atoms with Crippen molar-refractivity contribution in [2.24, 2.45) is 16.7 Å². The number of carbonyl (C=O) groups is 1. The van der Waals surface area contributed by atoms with Gasteiger partial charge in [-0.05, 0) is 30.1 Å². The number of hydrogen-bond donors (Lipinski definition) is 1. The van der Waals surface area contributed by atoms with Gasteiger partial charge in [-0.3, -0.25) is 4.79 Å². The fraction of sp³-hybridized carbons (Fsp3) is 0.944. The minimum absolute atomic E-state index is 0.0702. The first kappa shape index (κ1) is 20.4. The monoisotopic (exact) mass is 300 g/mol. The van der Waals surface area contributed by atoms with Crippen LogP contribution >= 0.6 is 0 Å². The second-order valence-electron chi connectivity index (χ2n) is 8.42. The van der Waals surface area contributed by atoms with E-state index in [1.165, 1.54) is 0 Å². The highest BCUT2D eigenvalue weighted by atomic mass is 16.6. The van der Waals surface area contributed by atoms with Crippen molar-refractivity contribution in [2.75, 3.05) is 0 Å². The number of carbonyl (C=O) groups excluding carboxylic acids is 1. The number of esters is 1. The highest BCUT2D eigenvalue weighted by Gasteiger charge is 2.37. The highest BCUT2D eigenvalue weighted by molar-refractivity contribution is 5.73. The maximum atomic E-state index is 12.6. The molecular weight excluding hydrogens is 264 g/mol. The van der Waals surface area contributed by atoms with E-state index >= 15 is 0 Å². The van der Waals surface area contributed by atoms with Gasteiger partial charge in [0.1, 0.15) is 6.10 Å². The molecule has 0 fully saturated rings. The summed E-state index contributed by atoms with van der Waals surface area (Å²) < 4.78 is 5.66. The molecule has 0 aliphatic rings. The Bertz CT molecular complexity index is 309. The third-order valence-corrected chi connectivity index (χ3v) is 3.83. The summed E-state index contributed by atoms with van der Waals surface area (Å²) in [6, 6.07) is 0. The van der Waals surface area contributed by atoms with Crippen LogP contribution < -0.4 is 0 Å². The third kappa shape index (κ3) is 7.85. The molecule has 0 aromatic carbocycles. The highest BCUT2D eigenvalue weighted by Crippen LogP contribution is 2.37. The Morgan fingerprint density at radius 2 is 1.62 bits per heavy atom. The summed E-state index contributed by atoms with van der Waals surface area (Å²) in [6.45, 7) is 16.6. The second kappa shape index (κ2) is 8.17. The first-order chi connectivity index (χ1) is 9.42. The molecule has 0 aromatic rings. The van der Waals surface area contributed by atoms with Crippen LogP contribution in [0, 0.1) is 16.7 Å². The van der Waals surface area contributed by atoms with E-state index in [0.29, 0.717) is 12.8 Å². The Kier molecular flexibility index (Phi) is 7.94. The summed E-state index contributed by atoms with van der Waals surface area (Å²) in [6.07, 6.45) is 2.06. The zero-order valence-corrected chi connectivity index (χ0v) is 15.3. The number of aliphatic hydroxyl groups excluding tert-OH is 1. The van der Waals surface area contributed by atoms with Crippen LogP contribution in [0.25, 0.3) is 0 Å². The Hall–Kier alpha value is -0.570. The molecule has 126 valence electrons. The van der Waals surface area contributed by atoms with Crippen LogP contribution in [0.1, 0.15) is 81.1 Å². The average Bonchev–Trinajstić information content (AvgIpc) is 2.30. The van der Waals surface area contributed by atoms with Gasteiger partial charge in [0.15, 0.2) is 0 Å². The van der Waals surface area contributed by atoms with Gasteiger partial charge in [-0.2, -0.15) is 0 Å². The molecule has 3 atom stereocenters. The van der Waals surface area contributed by atoms with Crippen LogP contribution in [0.15, 0.2) is 0 Å². The minimum atomic E-state index is -0.556. The van der Waals surface area contributed by atoms with Crippen molar-refractivity contribution in [3.05, 3.63) is 0 Å². The van der Waals surface area contributed by atoms with Crippen LogP contribution in [0.4, 0.5) is 0 Å². The zero-order chi connectivity index (χ0) is 16.8. The van der Waals surface area contributed by atoms with E-state index in [4.69, 9.17) is 4.74 Å². The normalized spacial score (nSPS) is 17.2. The molecule has 0 aliphatic heterocycles. The van der Waals surface area contributed by atoms with Gasteiger partial charge in [-0.15, -0.1) is 0 Å². The molecule has 0 aliphatic carbocycles. The standard InChI is InChI=1S/C18H36O3/c1-9-11-14(19)15(10-2)21-16(20)13(18(6,7)8)12-17(3,4)5/h13-15,19H,9-12H2,1-8H3. The third-order valence-electron chi connectivity index (χ3n) is 3.83. The zero-order valence-electron chi connectivity index (χ0n) is 15.3. The van der Waals surface area contributed by atoms with Gasteiger partial charge >= 0.3 is 5.97 Å². The van der Waals surface area contributed by atoms with Crippen molar-refractivity contribution in [2.45, 2.75) is 93.3 Å². The van der Waals surface area contributed by atoms with E-state index in [9.17, 15) is 9.90 Å². The van der Waals surface area contributed by atoms with Crippen molar-refractivity contribution in [1.82, 2.24) is 0 Å². The predicted octanol–water partition coefficient (Wildman–Crippen LogP) is 4.57. The molecular formula is C18H36O3. The van der Waals surface area contributed by atoms with Crippen molar-refractivity contribution >= 4 is 5.97 Å². The summed E-state index contributed by atoms with van der Waals surface area (Å²) in [7, 11) is 0. The molecule has 0 bridgehead atoms. The average molecular weight is 300 g/mol. The van der Waals surface area contributed by atoms with Crippen molar-refractivity contribution < 1.29 is 14.6 Å². The lowest BCUT2D eigenvalue weighted by Gasteiger charge is -2.35. The van der Waals surface area contributed by atoms with E-state index in [1.807, 2.05) is 13.8 Å². The molecule has 0 saturated carbocycles. The SMILES string of the molecule is CCCC(O)C(CC)OC(=O)C(CC(C)(C)C)C(C)(C)C. The lowest BCUT2D eigenvalue weighted by molar-refractivity contribution is -0.166. The van der Waals surface area contributed by atoms with Gasteiger partial charge in [-0.25, -0.2) is 0 Å². The molecule has 1 N–H and O–H groups in total. The van der Waals surface area contributed by atoms with Gasteiger partial charge in [0, 0.05) is 0 Å². The number of ether oxygens (including phenoxy) is 1. The molecule has 0 radical (unpaired) electrons. The molecule has 0 spiro atoms. The molecule has 0 rings (SSSR count). The number of hydrogen-bond acceptors (Lipinski definition) is 3. The van der Waals surface area contributed by atoms with Crippen LogP contribution in [-0.2, 0) is 9.53 Å². The molecule has 0 amide bonds. The van der Waals surface area contributed by atoms with Gasteiger partial charge in [-0.1, -0.05) is 61.8 Å². The van der Waals surface area contributed by atoms with Gasteiger partial charge in [0.2, 0.25) is 0 Å². The van der Waals surface area contributed by atoms with Gasteiger partial charge in [0.25, 0.3) is 0 Å². The van der Waals surface area contributed by atoms with Crippen LogP contribution in [0.3, 0.4) is 0 Å². The van der Waals surface area contributed by atoms with Crippen molar-refractivity contribution in [1.29, 1.82) is 0 Å². The van der Waals surface area contributed by atoms with E-state index in [2.05, 4.69) is 41.5 Å². The molecule has 3 nitrogen and oxygen atoms in total. The van der Waals surface area contributed by atoms with Gasteiger partial charge < -0.3 is 9.84 Å². The first-order valence-corrected chi connectivity index (χ1v) is 8.31. The fourth-order valence-electron chi connectivity index (χ4n) is 2.50. The molecule has 0 saturated heterocycles. The summed E-state index contributed by atoms with van der Waals surface area (Å²) >= 11 is 0. The Labute approximate surface area is 131 Å². The quantitative estimate of drug-likeness (QED) is 0.701. The Balaban J connectivity index is 4.96. The molecule has 0 heterocycles. The minimum Gasteiger partial charge on any atom is -0.459 e. The summed E-state index contributed by atoms with van der Waals surface area (Å²) in [4.78, 5) is 12.6. The number of aliphatic hydroxyl groups is 1. The fourth-order valence-corrected chi connectivity index (χ4v) is 2.50. The summed E-state index contributed by atoms with van der Waals surface area (Å²) in [5.41, 5.74) is -0.0704. The van der Waals surface area contributed by atoms with E-state index < -0.39 is 6.10 Å². The first-order valence-electron chi connectivity index (χ1n) is 8.31. The maximum absolute atomic E-state index is 12.6. The molecule has 21 heavy (non-hydrogen) atoms. The smallest absolute Gasteiger partial charge is 0.309 e.